The van der Waals surface area contributed by atoms with Crippen LogP contribution in [0.15, 0.2) is 0 Å². The summed E-state index contributed by atoms with van der Waals surface area (Å²) in [7, 11) is 0. The molecule has 2 amide bonds. The van der Waals surface area contributed by atoms with Crippen LogP contribution in [0, 0.1) is 11.8 Å². The highest BCUT2D eigenvalue weighted by Crippen LogP contribution is 2.22. The number of amides is 2. The number of carbonyl (C=O) groups is 1. The van der Waals surface area contributed by atoms with Gasteiger partial charge in [0.05, 0.1) is 6.54 Å². The second-order valence-corrected chi connectivity index (χ2v) is 6.48. The SMILES string of the molecule is O=C(NCC1CCOCC1)NCC1CCN(CC(F)(F)F)CC1. The first-order valence-electron chi connectivity index (χ1n) is 8.31. The standard InChI is InChI=1S/C15H26F3N3O2/c16-15(17,18)11-21-5-1-12(2-6-21)9-19-14(22)20-10-13-3-7-23-8-4-13/h12-13H,1-11H2,(H2,19,20,22). The molecule has 0 aromatic carbocycles. The van der Waals surface area contributed by atoms with Crippen LogP contribution < -0.4 is 10.6 Å². The largest absolute Gasteiger partial charge is 0.401 e. The normalized spacial score (nSPS) is 22.0. The highest BCUT2D eigenvalue weighted by molar-refractivity contribution is 5.73. The van der Waals surface area contributed by atoms with Gasteiger partial charge in [0.25, 0.3) is 0 Å². The van der Waals surface area contributed by atoms with Crippen LogP contribution in [-0.2, 0) is 4.74 Å². The summed E-state index contributed by atoms with van der Waals surface area (Å²) in [5.41, 5.74) is 0. The lowest BCUT2D eigenvalue weighted by atomic mass is 9.97. The van der Waals surface area contributed by atoms with Crippen LogP contribution in [0.25, 0.3) is 0 Å². The van der Waals surface area contributed by atoms with E-state index in [1.165, 1.54) is 4.90 Å². The molecule has 0 unspecified atom stereocenters. The molecule has 2 rings (SSSR count). The number of carbonyl (C=O) groups excluding carboxylic acids is 1. The number of halogens is 3. The van der Waals surface area contributed by atoms with E-state index in [9.17, 15) is 18.0 Å². The Hall–Kier alpha value is -1.02. The summed E-state index contributed by atoms with van der Waals surface area (Å²) in [5.74, 6) is 0.730. The molecule has 0 aliphatic carbocycles. The van der Waals surface area contributed by atoms with Gasteiger partial charge < -0.3 is 15.4 Å². The van der Waals surface area contributed by atoms with E-state index in [-0.39, 0.29) is 11.9 Å². The van der Waals surface area contributed by atoms with Gasteiger partial charge in [-0.15, -0.1) is 0 Å². The lowest BCUT2D eigenvalue weighted by molar-refractivity contribution is -0.148. The molecule has 0 radical (unpaired) electrons. The zero-order valence-corrected chi connectivity index (χ0v) is 13.3. The quantitative estimate of drug-likeness (QED) is 0.807. The van der Waals surface area contributed by atoms with Gasteiger partial charge in [-0.1, -0.05) is 0 Å². The highest BCUT2D eigenvalue weighted by Gasteiger charge is 2.32. The van der Waals surface area contributed by atoms with E-state index in [1.54, 1.807) is 0 Å². The van der Waals surface area contributed by atoms with Crippen molar-refractivity contribution in [1.29, 1.82) is 0 Å². The Morgan fingerprint density at radius 2 is 1.52 bits per heavy atom. The van der Waals surface area contributed by atoms with E-state index in [1.807, 2.05) is 0 Å². The number of nitrogens with zero attached hydrogens (tertiary/aromatic N) is 1. The molecule has 2 aliphatic rings. The van der Waals surface area contributed by atoms with Gasteiger partial charge in [-0.3, -0.25) is 4.90 Å². The van der Waals surface area contributed by atoms with Crippen molar-refractivity contribution in [2.75, 3.05) is 45.9 Å². The number of likely N-dealkylation sites (tertiary alicyclic amines) is 1. The maximum atomic E-state index is 12.3. The fourth-order valence-electron chi connectivity index (χ4n) is 3.09. The van der Waals surface area contributed by atoms with Crippen LogP contribution in [0.4, 0.5) is 18.0 Å². The zero-order chi connectivity index (χ0) is 16.7. The molecule has 134 valence electrons. The van der Waals surface area contributed by atoms with Crippen molar-refractivity contribution in [3.05, 3.63) is 0 Å². The monoisotopic (exact) mass is 337 g/mol. The van der Waals surface area contributed by atoms with Crippen molar-refractivity contribution in [2.24, 2.45) is 11.8 Å². The average molecular weight is 337 g/mol. The molecule has 2 N–H and O–H groups in total. The predicted octanol–water partition coefficient (Wildman–Crippen LogP) is 1.99. The first-order valence-corrected chi connectivity index (χ1v) is 8.31. The molecule has 8 heteroatoms. The summed E-state index contributed by atoms with van der Waals surface area (Å²) < 4.78 is 42.2. The number of rotatable bonds is 5. The van der Waals surface area contributed by atoms with Crippen LogP contribution in [-0.4, -0.2) is 63.0 Å². The minimum absolute atomic E-state index is 0.186. The van der Waals surface area contributed by atoms with E-state index in [2.05, 4.69) is 10.6 Å². The van der Waals surface area contributed by atoms with Crippen molar-refractivity contribution in [2.45, 2.75) is 31.9 Å². The Morgan fingerprint density at radius 1 is 1.00 bits per heavy atom. The number of hydrogen-bond acceptors (Lipinski definition) is 3. The maximum Gasteiger partial charge on any atom is 0.401 e. The van der Waals surface area contributed by atoms with Gasteiger partial charge in [-0.2, -0.15) is 13.2 Å². The van der Waals surface area contributed by atoms with Gasteiger partial charge in [-0.25, -0.2) is 4.79 Å². The minimum atomic E-state index is -4.13. The number of piperidine rings is 1. The first kappa shape index (κ1) is 18.3. The Bertz CT molecular complexity index is 365. The van der Waals surface area contributed by atoms with E-state index < -0.39 is 12.7 Å². The van der Waals surface area contributed by atoms with Crippen LogP contribution >= 0.6 is 0 Å². The Kier molecular flexibility index (Phi) is 6.95. The average Bonchev–Trinajstić information content (AvgIpc) is 2.52. The third-order valence-corrected chi connectivity index (χ3v) is 4.55. The fourth-order valence-corrected chi connectivity index (χ4v) is 3.09. The molecule has 2 aliphatic heterocycles. The lowest BCUT2D eigenvalue weighted by Gasteiger charge is -2.32. The number of nitrogens with one attached hydrogen (secondary N) is 2. The summed E-state index contributed by atoms with van der Waals surface area (Å²) in [6.07, 6.45) is -0.808. The molecule has 2 heterocycles. The van der Waals surface area contributed by atoms with Crippen LogP contribution in [0.2, 0.25) is 0 Å². The molecule has 2 saturated heterocycles. The Balaban J connectivity index is 1.55. The summed E-state index contributed by atoms with van der Waals surface area (Å²) in [5, 5.41) is 5.70. The van der Waals surface area contributed by atoms with Gasteiger partial charge in [-0.05, 0) is 50.6 Å². The van der Waals surface area contributed by atoms with Crippen molar-refractivity contribution in [3.63, 3.8) is 0 Å². The number of hydrogen-bond donors (Lipinski definition) is 2. The summed E-state index contributed by atoms with van der Waals surface area (Å²) in [6, 6.07) is -0.186. The number of alkyl halides is 3. The second kappa shape index (κ2) is 8.73. The molecule has 2 fully saturated rings. The molecule has 0 saturated carbocycles. The van der Waals surface area contributed by atoms with Crippen LogP contribution in [0.5, 0.6) is 0 Å². The van der Waals surface area contributed by atoms with Crippen molar-refractivity contribution < 1.29 is 22.7 Å². The third kappa shape index (κ3) is 7.39. The zero-order valence-electron chi connectivity index (χ0n) is 13.3. The van der Waals surface area contributed by atoms with Crippen LogP contribution in [0.3, 0.4) is 0 Å². The molecular weight excluding hydrogens is 311 g/mol. The molecular formula is C15H26F3N3O2. The predicted molar refractivity (Wildman–Crippen MR) is 80.2 cm³/mol. The first-order chi connectivity index (χ1) is 10.9. The van der Waals surface area contributed by atoms with Gasteiger partial charge in [0.15, 0.2) is 0 Å². The van der Waals surface area contributed by atoms with Crippen molar-refractivity contribution in [3.8, 4) is 0 Å². The van der Waals surface area contributed by atoms with Crippen molar-refractivity contribution >= 4 is 6.03 Å². The van der Waals surface area contributed by atoms with Crippen molar-refractivity contribution in [1.82, 2.24) is 15.5 Å². The highest BCUT2D eigenvalue weighted by atomic mass is 19.4. The lowest BCUT2D eigenvalue weighted by Crippen LogP contribution is -2.45. The topological polar surface area (TPSA) is 53.6 Å². The molecule has 0 aromatic heterocycles. The van der Waals surface area contributed by atoms with E-state index in [0.717, 1.165) is 26.1 Å². The maximum absolute atomic E-state index is 12.3. The molecule has 23 heavy (non-hydrogen) atoms. The summed E-state index contributed by atoms with van der Waals surface area (Å²) in [4.78, 5) is 13.2. The van der Waals surface area contributed by atoms with Gasteiger partial charge in [0.2, 0.25) is 0 Å². The van der Waals surface area contributed by atoms with E-state index in [0.29, 0.717) is 44.9 Å². The second-order valence-electron chi connectivity index (χ2n) is 6.48. The molecule has 5 nitrogen and oxygen atoms in total. The Labute approximate surface area is 134 Å². The van der Waals surface area contributed by atoms with E-state index >= 15 is 0 Å². The van der Waals surface area contributed by atoms with E-state index in [4.69, 9.17) is 4.74 Å². The fraction of sp³-hybridized carbons (Fsp3) is 0.933. The van der Waals surface area contributed by atoms with Crippen LogP contribution in [0.1, 0.15) is 25.7 Å². The molecule has 0 atom stereocenters. The van der Waals surface area contributed by atoms with Gasteiger partial charge >= 0.3 is 12.2 Å². The molecule has 0 bridgehead atoms. The van der Waals surface area contributed by atoms with Gasteiger partial charge in [0, 0.05) is 26.3 Å². The Morgan fingerprint density at radius 3 is 2.04 bits per heavy atom. The molecule has 0 spiro atoms. The smallest absolute Gasteiger partial charge is 0.381 e. The molecule has 0 aromatic rings. The summed E-state index contributed by atoms with van der Waals surface area (Å²) >= 11 is 0. The summed E-state index contributed by atoms with van der Waals surface area (Å²) in [6.45, 7) is 2.73. The van der Waals surface area contributed by atoms with Gasteiger partial charge in [0.1, 0.15) is 0 Å². The minimum Gasteiger partial charge on any atom is -0.381 e. The number of ether oxygens (including phenoxy) is 1. The third-order valence-electron chi connectivity index (χ3n) is 4.55. The number of urea groups is 1.